The van der Waals surface area contributed by atoms with Crippen LogP contribution in [0.4, 0.5) is 0 Å². The van der Waals surface area contributed by atoms with Crippen LogP contribution in [0.1, 0.15) is 70.3 Å². The van der Waals surface area contributed by atoms with Crippen LogP contribution in [0.5, 0.6) is 0 Å². The first-order chi connectivity index (χ1) is 13.7. The minimum absolute atomic E-state index is 0.302. The van der Waals surface area contributed by atoms with Gasteiger partial charge in [0.25, 0.3) is 0 Å². The number of rotatable bonds is 8. The second-order valence-corrected chi connectivity index (χ2v) is 8.58. The van der Waals surface area contributed by atoms with Gasteiger partial charge < -0.3 is 10.6 Å². The molecule has 1 aliphatic heterocycles. The van der Waals surface area contributed by atoms with Gasteiger partial charge in [0, 0.05) is 31.9 Å². The number of likely N-dealkylation sites (tertiary alicyclic amines) is 1. The van der Waals surface area contributed by atoms with Crippen molar-refractivity contribution in [2.24, 2.45) is 12.0 Å². The number of aromatic nitrogens is 2. The summed E-state index contributed by atoms with van der Waals surface area (Å²) >= 11 is 0. The Hall–Kier alpha value is -1.56. The zero-order chi connectivity index (χ0) is 19.7. The molecule has 1 saturated heterocycles. The number of aryl methyl sites for hydroxylation is 2. The lowest BCUT2D eigenvalue weighted by molar-refractivity contribution is 0.0407. The van der Waals surface area contributed by atoms with Gasteiger partial charge in [-0.1, -0.05) is 25.7 Å². The van der Waals surface area contributed by atoms with Gasteiger partial charge in [-0.3, -0.25) is 14.6 Å². The average Bonchev–Trinajstić information content (AvgIpc) is 3.15. The largest absolute Gasteiger partial charge is 0.357 e. The first-order valence-corrected chi connectivity index (χ1v) is 11.5. The molecule has 0 atom stereocenters. The Balaban J connectivity index is 1.54. The van der Waals surface area contributed by atoms with Crippen LogP contribution in [-0.4, -0.2) is 58.9 Å². The van der Waals surface area contributed by atoms with Gasteiger partial charge in [0.1, 0.15) is 0 Å². The molecule has 3 rings (SSSR count). The van der Waals surface area contributed by atoms with Crippen molar-refractivity contribution in [2.45, 2.75) is 76.7 Å². The van der Waals surface area contributed by atoms with Gasteiger partial charge in [0.05, 0.1) is 12.7 Å². The highest BCUT2D eigenvalue weighted by Gasteiger charge is 2.38. The number of piperidine rings is 1. The molecule has 28 heavy (non-hydrogen) atoms. The van der Waals surface area contributed by atoms with E-state index in [0.29, 0.717) is 5.54 Å². The summed E-state index contributed by atoms with van der Waals surface area (Å²) in [5.74, 6) is 0.982. The normalized spacial score (nSPS) is 20.9. The first kappa shape index (κ1) is 21.2. The number of nitrogens with one attached hydrogen (secondary N) is 2. The second-order valence-electron chi connectivity index (χ2n) is 8.58. The van der Waals surface area contributed by atoms with Crippen LogP contribution in [0.15, 0.2) is 17.4 Å². The standard InChI is InChI=1S/C22H40N6/c1-3-23-21(24-14-10-11-20-17-26-27(2)18-20)25-19-22(12-6-4-7-13-22)28-15-8-5-9-16-28/h17-18H,3-16,19H2,1-2H3,(H2,23,24,25). The summed E-state index contributed by atoms with van der Waals surface area (Å²) < 4.78 is 1.87. The van der Waals surface area contributed by atoms with E-state index >= 15 is 0 Å². The minimum Gasteiger partial charge on any atom is -0.357 e. The Morgan fingerprint density at radius 2 is 1.86 bits per heavy atom. The van der Waals surface area contributed by atoms with Crippen LogP contribution >= 0.6 is 0 Å². The molecule has 0 unspecified atom stereocenters. The molecule has 6 heteroatoms. The topological polar surface area (TPSA) is 57.5 Å². The molecule has 1 aromatic rings. The molecule has 2 fully saturated rings. The fourth-order valence-corrected chi connectivity index (χ4v) is 4.82. The Labute approximate surface area is 171 Å². The zero-order valence-electron chi connectivity index (χ0n) is 18.1. The summed E-state index contributed by atoms with van der Waals surface area (Å²) in [4.78, 5) is 7.85. The molecule has 1 aromatic heterocycles. The zero-order valence-corrected chi connectivity index (χ0v) is 18.1. The van der Waals surface area contributed by atoms with Crippen LogP contribution in [0, 0.1) is 0 Å². The number of hydrogen-bond donors (Lipinski definition) is 2. The lowest BCUT2D eigenvalue weighted by Gasteiger charge is -2.47. The third-order valence-corrected chi connectivity index (χ3v) is 6.38. The molecule has 1 saturated carbocycles. The first-order valence-electron chi connectivity index (χ1n) is 11.5. The lowest BCUT2D eigenvalue weighted by Crippen LogP contribution is -2.54. The maximum Gasteiger partial charge on any atom is 0.191 e. The summed E-state index contributed by atoms with van der Waals surface area (Å²) in [6, 6.07) is 0. The van der Waals surface area contributed by atoms with E-state index in [-0.39, 0.29) is 0 Å². The van der Waals surface area contributed by atoms with Crippen LogP contribution in [0.25, 0.3) is 0 Å². The molecule has 0 radical (unpaired) electrons. The van der Waals surface area contributed by atoms with Gasteiger partial charge in [-0.05, 0) is 64.1 Å². The molecule has 0 spiro atoms. The Morgan fingerprint density at radius 3 is 2.54 bits per heavy atom. The van der Waals surface area contributed by atoms with Crippen molar-refractivity contribution in [2.75, 3.05) is 32.7 Å². The van der Waals surface area contributed by atoms with Crippen LogP contribution in [0.3, 0.4) is 0 Å². The molecule has 0 bridgehead atoms. The van der Waals surface area contributed by atoms with E-state index in [1.165, 1.54) is 70.0 Å². The van der Waals surface area contributed by atoms with Crippen LogP contribution in [-0.2, 0) is 13.5 Å². The van der Waals surface area contributed by atoms with Gasteiger partial charge >= 0.3 is 0 Å². The van der Waals surface area contributed by atoms with Gasteiger partial charge in [-0.15, -0.1) is 0 Å². The van der Waals surface area contributed by atoms with E-state index < -0.39 is 0 Å². The number of guanidine groups is 1. The third-order valence-electron chi connectivity index (χ3n) is 6.38. The number of aliphatic imine (C=N–C) groups is 1. The summed E-state index contributed by atoms with van der Waals surface area (Å²) in [7, 11) is 1.97. The van der Waals surface area contributed by atoms with E-state index in [9.17, 15) is 0 Å². The van der Waals surface area contributed by atoms with Crippen molar-refractivity contribution in [1.29, 1.82) is 0 Å². The van der Waals surface area contributed by atoms with E-state index in [1.54, 1.807) is 0 Å². The maximum absolute atomic E-state index is 5.07. The molecule has 2 aliphatic rings. The van der Waals surface area contributed by atoms with Gasteiger partial charge in [-0.2, -0.15) is 5.10 Å². The minimum atomic E-state index is 0.302. The molecule has 158 valence electrons. The number of nitrogens with zero attached hydrogens (tertiary/aromatic N) is 4. The predicted octanol–water partition coefficient (Wildman–Crippen LogP) is 3.10. The van der Waals surface area contributed by atoms with Gasteiger partial charge in [-0.25, -0.2) is 0 Å². The van der Waals surface area contributed by atoms with Crippen molar-refractivity contribution in [3.05, 3.63) is 18.0 Å². The summed E-state index contributed by atoms with van der Waals surface area (Å²) in [6.45, 7) is 7.47. The molecule has 0 amide bonds. The fourth-order valence-electron chi connectivity index (χ4n) is 4.82. The Morgan fingerprint density at radius 1 is 1.11 bits per heavy atom. The summed E-state index contributed by atoms with van der Waals surface area (Å²) in [5, 5.41) is 11.2. The molecular formula is C22H40N6. The van der Waals surface area contributed by atoms with Gasteiger partial charge in [0.15, 0.2) is 5.96 Å². The van der Waals surface area contributed by atoms with Crippen molar-refractivity contribution in [1.82, 2.24) is 25.3 Å². The maximum atomic E-state index is 5.07. The highest BCUT2D eigenvalue weighted by molar-refractivity contribution is 5.79. The van der Waals surface area contributed by atoms with Crippen molar-refractivity contribution in [3.8, 4) is 0 Å². The SMILES string of the molecule is CCNC(=NCC1(N2CCCCC2)CCCCC1)NCCCc1cnn(C)c1. The molecule has 2 N–H and O–H groups in total. The Kier molecular flexibility index (Phi) is 8.19. The highest BCUT2D eigenvalue weighted by Crippen LogP contribution is 2.35. The van der Waals surface area contributed by atoms with Crippen molar-refractivity contribution >= 4 is 5.96 Å². The van der Waals surface area contributed by atoms with Crippen molar-refractivity contribution in [3.63, 3.8) is 0 Å². The predicted molar refractivity (Wildman–Crippen MR) is 117 cm³/mol. The van der Waals surface area contributed by atoms with E-state index in [1.807, 2.05) is 17.9 Å². The summed E-state index contributed by atoms with van der Waals surface area (Å²) in [6.07, 6.45) is 17.1. The molecule has 2 heterocycles. The molecular weight excluding hydrogens is 348 g/mol. The van der Waals surface area contributed by atoms with Crippen LogP contribution in [0.2, 0.25) is 0 Å². The average molecular weight is 389 g/mol. The molecule has 6 nitrogen and oxygen atoms in total. The number of hydrogen-bond acceptors (Lipinski definition) is 3. The lowest BCUT2D eigenvalue weighted by atomic mass is 9.79. The Bertz CT molecular complexity index is 596. The van der Waals surface area contributed by atoms with E-state index in [2.05, 4.69) is 33.8 Å². The van der Waals surface area contributed by atoms with E-state index in [4.69, 9.17) is 4.99 Å². The highest BCUT2D eigenvalue weighted by atomic mass is 15.2. The monoisotopic (exact) mass is 388 g/mol. The fraction of sp³-hybridized carbons (Fsp3) is 0.818. The molecule has 1 aliphatic carbocycles. The van der Waals surface area contributed by atoms with E-state index in [0.717, 1.165) is 38.4 Å². The second kappa shape index (κ2) is 10.8. The summed E-state index contributed by atoms with van der Waals surface area (Å²) in [5.41, 5.74) is 1.61. The smallest absolute Gasteiger partial charge is 0.191 e. The quantitative estimate of drug-likeness (QED) is 0.408. The molecule has 0 aromatic carbocycles. The van der Waals surface area contributed by atoms with Crippen LogP contribution < -0.4 is 10.6 Å². The van der Waals surface area contributed by atoms with Crippen molar-refractivity contribution < 1.29 is 0 Å². The third kappa shape index (κ3) is 5.97. The van der Waals surface area contributed by atoms with Gasteiger partial charge in [0.2, 0.25) is 0 Å².